The van der Waals surface area contributed by atoms with E-state index in [1.165, 1.54) is 0 Å². The number of morpholine rings is 1. The largest absolute Gasteiger partial charge is 0.478 e. The first-order chi connectivity index (χ1) is 16.2. The summed E-state index contributed by atoms with van der Waals surface area (Å²) in [7, 11) is 0. The van der Waals surface area contributed by atoms with Gasteiger partial charge in [-0.3, -0.25) is 9.59 Å². The smallest absolute Gasteiger partial charge is 0.266 e. The number of ketones is 1. The number of halogens is 2. The van der Waals surface area contributed by atoms with E-state index in [0.29, 0.717) is 58.2 Å². The van der Waals surface area contributed by atoms with Crippen LogP contribution in [0, 0.1) is 0 Å². The molecule has 6 nitrogen and oxygen atoms in total. The third-order valence-corrected chi connectivity index (χ3v) is 7.60. The van der Waals surface area contributed by atoms with Crippen LogP contribution in [0.2, 0.25) is 5.02 Å². The quantitative estimate of drug-likeness (QED) is 0.421. The van der Waals surface area contributed by atoms with Crippen molar-refractivity contribution >= 4 is 35.1 Å². The molecule has 0 aromatic heterocycles. The summed E-state index contributed by atoms with van der Waals surface area (Å²) in [6.07, 6.45) is 1.74. The minimum Gasteiger partial charge on any atom is -0.478 e. The zero-order chi connectivity index (χ0) is 24.3. The minimum absolute atomic E-state index is 0.0460. The average Bonchev–Trinajstić information content (AvgIpc) is 2.84. The third kappa shape index (κ3) is 5.57. The molecule has 1 amide bonds. The maximum Gasteiger partial charge on any atom is 0.266 e. The Labute approximate surface area is 211 Å². The maximum absolute atomic E-state index is 13.3. The van der Waals surface area contributed by atoms with Gasteiger partial charge < -0.3 is 14.4 Å². The van der Waals surface area contributed by atoms with Crippen LogP contribution in [0.15, 0.2) is 48.5 Å². The number of carbonyl (C=O) groups excluding carboxylic acids is 2. The first kappa shape index (κ1) is 25.0. The van der Waals surface area contributed by atoms with Gasteiger partial charge in [-0.05, 0) is 62.4 Å². The molecule has 0 radical (unpaired) electrons. The molecule has 0 bridgehead atoms. The highest BCUT2D eigenvalue weighted by Crippen LogP contribution is 2.30. The summed E-state index contributed by atoms with van der Waals surface area (Å²) in [5.41, 5.74) is 0.0815. The number of hydrogen-bond acceptors (Lipinski definition) is 4. The van der Waals surface area contributed by atoms with Gasteiger partial charge >= 0.3 is 0 Å². The topological polar surface area (TPSA) is 55.8 Å². The Bertz CT molecular complexity index is 1010. The summed E-state index contributed by atoms with van der Waals surface area (Å²) < 4.78 is 12.0. The number of quaternary nitrogens is 1. The lowest BCUT2D eigenvalue weighted by Crippen LogP contribution is -2.59. The van der Waals surface area contributed by atoms with E-state index in [-0.39, 0.29) is 11.7 Å². The van der Waals surface area contributed by atoms with E-state index in [4.69, 9.17) is 32.9 Å². The number of likely N-dealkylation sites (tertiary alicyclic amines) is 1. The lowest BCUT2D eigenvalue weighted by Gasteiger charge is -2.44. The van der Waals surface area contributed by atoms with Crippen molar-refractivity contribution in [2.45, 2.75) is 38.3 Å². The van der Waals surface area contributed by atoms with Gasteiger partial charge in [-0.15, -0.1) is 0 Å². The molecule has 0 aliphatic carbocycles. The number of nitrogens with zero attached hydrogens (tertiary/aromatic N) is 2. The molecule has 2 aliphatic heterocycles. The van der Waals surface area contributed by atoms with Crippen molar-refractivity contribution in [3.05, 3.63) is 64.7 Å². The lowest BCUT2D eigenvalue weighted by atomic mass is 9.99. The number of piperidine rings is 1. The fourth-order valence-corrected chi connectivity index (χ4v) is 5.16. The Morgan fingerprint density at radius 1 is 0.971 bits per heavy atom. The molecule has 0 atom stereocenters. The predicted octanol–water partition coefficient (Wildman–Crippen LogP) is 4.72. The maximum atomic E-state index is 13.3. The Kier molecular flexibility index (Phi) is 7.53. The number of ether oxygens (including phenoxy) is 2. The summed E-state index contributed by atoms with van der Waals surface area (Å²) in [4.78, 5) is 27.8. The number of hydrogen-bond donors (Lipinski definition) is 0. The van der Waals surface area contributed by atoms with Crippen molar-refractivity contribution in [1.82, 2.24) is 4.90 Å². The number of amides is 1. The monoisotopic (exact) mass is 505 g/mol. The van der Waals surface area contributed by atoms with Gasteiger partial charge in [-0.2, -0.15) is 0 Å². The molecule has 34 heavy (non-hydrogen) atoms. The molecule has 2 aliphatic rings. The SMILES string of the molecule is CC(C)(Oc1ccc(C(=O)c2ccc(Cl)cc2)cc1)C(=O)N1CCC([N+]2(Cl)CCOCC2)CC1. The Balaban J connectivity index is 1.34. The van der Waals surface area contributed by atoms with Crippen LogP contribution in [0.4, 0.5) is 0 Å². The van der Waals surface area contributed by atoms with Gasteiger partial charge in [0.05, 0.1) is 13.2 Å². The summed E-state index contributed by atoms with van der Waals surface area (Å²) in [5.74, 6) is 0.399. The van der Waals surface area contributed by atoms with Gasteiger partial charge in [0, 0.05) is 42.1 Å². The lowest BCUT2D eigenvalue weighted by molar-refractivity contribution is -0.852. The summed E-state index contributed by atoms with van der Waals surface area (Å²) in [5, 5.41) is 0.584. The van der Waals surface area contributed by atoms with E-state index >= 15 is 0 Å². The van der Waals surface area contributed by atoms with Crippen molar-refractivity contribution in [2.75, 3.05) is 39.4 Å². The fourth-order valence-electron chi connectivity index (χ4n) is 4.70. The standard InChI is InChI=1S/C26H31Cl2N2O4/c1-26(2,25(32)29-13-11-22(12-14-29)30(28)15-17-33-18-16-30)34-23-9-5-20(6-10-23)24(31)19-3-7-21(27)8-4-19/h3-10,22H,11-18H2,1-2H3/q+1. The van der Waals surface area contributed by atoms with Gasteiger partial charge in [0.1, 0.15) is 24.9 Å². The zero-order valence-corrected chi connectivity index (χ0v) is 21.1. The molecule has 0 saturated carbocycles. The second-order valence-corrected chi connectivity index (χ2v) is 10.6. The summed E-state index contributed by atoms with van der Waals surface area (Å²) in [6.45, 7) is 7.89. The normalized spacial score (nSPS) is 19.0. The van der Waals surface area contributed by atoms with E-state index in [1.807, 2.05) is 4.90 Å². The van der Waals surface area contributed by atoms with Gasteiger partial charge in [0.25, 0.3) is 5.91 Å². The molecular formula is C26H31Cl2N2O4+. The molecule has 0 N–H and O–H groups in total. The Morgan fingerprint density at radius 3 is 2.06 bits per heavy atom. The van der Waals surface area contributed by atoms with Gasteiger partial charge in [-0.25, -0.2) is 4.00 Å². The zero-order valence-electron chi connectivity index (χ0n) is 19.6. The molecule has 0 spiro atoms. The minimum atomic E-state index is -1.03. The van der Waals surface area contributed by atoms with Gasteiger partial charge in [0.2, 0.25) is 0 Å². The van der Waals surface area contributed by atoms with Crippen molar-refractivity contribution < 1.29 is 23.1 Å². The Morgan fingerprint density at radius 2 is 1.50 bits per heavy atom. The van der Waals surface area contributed by atoms with E-state index in [1.54, 1.807) is 62.4 Å². The van der Waals surface area contributed by atoms with Crippen molar-refractivity contribution in [3.63, 3.8) is 0 Å². The van der Waals surface area contributed by atoms with Crippen LogP contribution in [-0.2, 0) is 9.53 Å². The molecule has 2 aromatic rings. The molecule has 2 saturated heterocycles. The average molecular weight is 506 g/mol. The van der Waals surface area contributed by atoms with Crippen LogP contribution >= 0.6 is 23.4 Å². The first-order valence-electron chi connectivity index (χ1n) is 11.7. The number of rotatable bonds is 6. The van der Waals surface area contributed by atoms with E-state index in [9.17, 15) is 9.59 Å². The molecule has 4 rings (SSSR count). The molecule has 2 heterocycles. The summed E-state index contributed by atoms with van der Waals surface area (Å²) >= 11 is 12.8. The van der Waals surface area contributed by atoms with Gasteiger partial charge in [-0.1, -0.05) is 11.6 Å². The van der Waals surface area contributed by atoms with Crippen LogP contribution in [0.3, 0.4) is 0 Å². The van der Waals surface area contributed by atoms with Crippen LogP contribution in [-0.4, -0.2) is 71.6 Å². The van der Waals surface area contributed by atoms with Crippen molar-refractivity contribution in [3.8, 4) is 5.75 Å². The van der Waals surface area contributed by atoms with Crippen LogP contribution < -0.4 is 4.74 Å². The molecule has 2 aromatic carbocycles. The van der Waals surface area contributed by atoms with Crippen molar-refractivity contribution in [1.29, 1.82) is 0 Å². The van der Waals surface area contributed by atoms with E-state index in [0.717, 1.165) is 25.9 Å². The van der Waals surface area contributed by atoms with Crippen molar-refractivity contribution in [2.24, 2.45) is 0 Å². The van der Waals surface area contributed by atoms with Crippen LogP contribution in [0.5, 0.6) is 5.75 Å². The first-order valence-corrected chi connectivity index (χ1v) is 12.4. The predicted molar refractivity (Wildman–Crippen MR) is 132 cm³/mol. The molecular weight excluding hydrogens is 475 g/mol. The van der Waals surface area contributed by atoms with E-state index < -0.39 is 5.60 Å². The van der Waals surface area contributed by atoms with Crippen LogP contribution in [0.1, 0.15) is 42.6 Å². The van der Waals surface area contributed by atoms with E-state index in [2.05, 4.69) is 0 Å². The molecule has 0 unspecified atom stereocenters. The molecule has 2 fully saturated rings. The third-order valence-electron chi connectivity index (χ3n) is 6.73. The highest BCUT2D eigenvalue weighted by Gasteiger charge is 2.43. The highest BCUT2D eigenvalue weighted by molar-refractivity contribution is 6.30. The fraction of sp³-hybridized carbons (Fsp3) is 0.462. The van der Waals surface area contributed by atoms with Crippen LogP contribution in [0.25, 0.3) is 0 Å². The summed E-state index contributed by atoms with van der Waals surface area (Å²) in [6, 6.07) is 14.0. The second-order valence-electron chi connectivity index (χ2n) is 9.48. The Hall–Kier alpha value is -2.12. The van der Waals surface area contributed by atoms with Gasteiger partial charge in [0.15, 0.2) is 23.2 Å². The number of carbonyl (C=O) groups is 2. The number of benzene rings is 2. The second kappa shape index (κ2) is 10.2. The molecule has 8 heteroatoms. The molecule has 182 valence electrons. The highest BCUT2D eigenvalue weighted by atomic mass is 35.5.